The van der Waals surface area contributed by atoms with Crippen LogP contribution in [0.3, 0.4) is 0 Å². The van der Waals surface area contributed by atoms with Gasteiger partial charge in [-0.25, -0.2) is 0 Å². The van der Waals surface area contributed by atoms with E-state index in [1.165, 1.54) is 12.7 Å². The van der Waals surface area contributed by atoms with Crippen LogP contribution in [0.25, 0.3) is 0 Å². The molecule has 1 aromatic carbocycles. The molecule has 0 radical (unpaired) electrons. The number of ketones is 1. The van der Waals surface area contributed by atoms with E-state index in [1.807, 2.05) is 13.8 Å². The summed E-state index contributed by atoms with van der Waals surface area (Å²) in [5.41, 5.74) is 2.39. The maximum Gasteiger partial charge on any atom is 0.305 e. The van der Waals surface area contributed by atoms with E-state index >= 15 is 0 Å². The normalized spacial score (nSPS) is 23.4. The van der Waals surface area contributed by atoms with Crippen molar-refractivity contribution >= 4 is 20.1 Å². The summed E-state index contributed by atoms with van der Waals surface area (Å²) in [7, 11) is -0.564. The number of methoxy groups -OCH3 is 1. The van der Waals surface area contributed by atoms with Crippen LogP contribution in [0.15, 0.2) is 18.2 Å². The molecule has 5 atom stereocenters. The van der Waals surface area contributed by atoms with Gasteiger partial charge in [0.05, 0.1) is 13.2 Å². The molecule has 1 unspecified atom stereocenters. The zero-order chi connectivity index (χ0) is 27.4. The third kappa shape index (κ3) is 6.86. The summed E-state index contributed by atoms with van der Waals surface area (Å²) in [4.78, 5) is 24.6. The molecule has 1 heterocycles. The van der Waals surface area contributed by atoms with E-state index in [-0.39, 0.29) is 46.8 Å². The van der Waals surface area contributed by atoms with Gasteiger partial charge in [0.15, 0.2) is 8.32 Å². The van der Waals surface area contributed by atoms with Crippen molar-refractivity contribution in [3.8, 4) is 17.6 Å². The van der Waals surface area contributed by atoms with Crippen molar-refractivity contribution in [3.05, 3.63) is 29.3 Å². The zero-order valence-corrected chi connectivity index (χ0v) is 25.1. The summed E-state index contributed by atoms with van der Waals surface area (Å²) in [6.07, 6.45) is 4.89. The van der Waals surface area contributed by atoms with Crippen molar-refractivity contribution in [2.75, 3.05) is 7.11 Å². The van der Waals surface area contributed by atoms with Crippen LogP contribution in [0, 0.1) is 23.7 Å². The molecule has 1 saturated carbocycles. The molecule has 1 fully saturated rings. The second-order valence-electron chi connectivity index (χ2n) is 12.3. The van der Waals surface area contributed by atoms with E-state index in [4.69, 9.17) is 13.9 Å². The summed E-state index contributed by atoms with van der Waals surface area (Å²) in [6, 6.07) is 6.40. The first-order valence-corrected chi connectivity index (χ1v) is 16.8. The van der Waals surface area contributed by atoms with Crippen molar-refractivity contribution in [3.63, 3.8) is 0 Å². The highest BCUT2D eigenvalue weighted by Gasteiger charge is 2.53. The van der Waals surface area contributed by atoms with Gasteiger partial charge in [-0.2, -0.15) is 0 Å². The summed E-state index contributed by atoms with van der Waals surface area (Å²) in [5.74, 6) is 7.47. The molecule has 37 heavy (non-hydrogen) atoms. The highest BCUT2D eigenvalue weighted by molar-refractivity contribution is 6.74. The molecule has 2 aliphatic rings. The fourth-order valence-electron chi connectivity index (χ4n) is 5.47. The second-order valence-corrected chi connectivity index (χ2v) is 17.1. The standard InChI is InChI=1S/C31H46O5Si/c1-9-10-13-21(2)25(32)19-18-23-26(36-37(7,8)31(3,4)5)20-27-29(23)24-16-11-14-22(30(24)35-27)15-12-17-28(33)34-6/h11,14,16,21,23,26-27,29H,12-13,15,17-20H2,1-8H3/t21-,23-,26?,27-,29-/m0/s1. The number of fused-ring (bicyclic) bond motifs is 3. The third-order valence-corrected chi connectivity index (χ3v) is 13.2. The molecule has 5 nitrogen and oxygen atoms in total. The van der Waals surface area contributed by atoms with Gasteiger partial charge in [-0.15, -0.1) is 11.8 Å². The van der Waals surface area contributed by atoms with Gasteiger partial charge in [0.25, 0.3) is 0 Å². The first-order chi connectivity index (χ1) is 17.4. The van der Waals surface area contributed by atoms with Crippen LogP contribution in [-0.4, -0.2) is 39.4 Å². The van der Waals surface area contributed by atoms with Crippen LogP contribution in [0.2, 0.25) is 18.1 Å². The Balaban J connectivity index is 1.83. The first kappa shape index (κ1) is 29.5. The molecule has 0 bridgehead atoms. The van der Waals surface area contributed by atoms with E-state index < -0.39 is 8.32 Å². The van der Waals surface area contributed by atoms with E-state index in [2.05, 4.69) is 63.9 Å². The SMILES string of the molecule is CC#CC[C@H](C)C(=O)CC[C@H]1C(O[Si](C)(C)C(C)(C)C)C[C@@H]2Oc3c(CCCC(=O)OC)cccc3[C@@H]21. The summed E-state index contributed by atoms with van der Waals surface area (Å²) in [6.45, 7) is 15.2. The minimum absolute atomic E-state index is 0.0436. The van der Waals surface area contributed by atoms with Crippen LogP contribution in [-0.2, 0) is 25.2 Å². The van der Waals surface area contributed by atoms with E-state index in [9.17, 15) is 9.59 Å². The molecule has 0 aromatic heterocycles. The Morgan fingerprint density at radius 3 is 2.59 bits per heavy atom. The molecule has 0 saturated heterocycles. The number of para-hydroxylation sites is 1. The third-order valence-electron chi connectivity index (χ3n) is 8.72. The molecule has 3 rings (SSSR count). The first-order valence-electron chi connectivity index (χ1n) is 13.8. The highest BCUT2D eigenvalue weighted by Crippen LogP contribution is 2.55. The number of rotatable bonds is 11. The van der Waals surface area contributed by atoms with Crippen molar-refractivity contribution in [2.45, 2.75) is 116 Å². The van der Waals surface area contributed by atoms with Gasteiger partial charge in [0, 0.05) is 43.1 Å². The van der Waals surface area contributed by atoms with Crippen LogP contribution < -0.4 is 4.74 Å². The number of Topliss-reactive ketones (excluding diaryl/α,β-unsaturated/α-hetero) is 1. The Morgan fingerprint density at radius 1 is 1.22 bits per heavy atom. The topological polar surface area (TPSA) is 61.8 Å². The monoisotopic (exact) mass is 526 g/mol. The van der Waals surface area contributed by atoms with Crippen LogP contribution in [0.5, 0.6) is 5.75 Å². The molecule has 1 aliphatic carbocycles. The predicted molar refractivity (Wildman–Crippen MR) is 150 cm³/mol. The quantitative estimate of drug-likeness (QED) is 0.180. The molecule has 0 amide bonds. The number of hydrogen-bond donors (Lipinski definition) is 0. The van der Waals surface area contributed by atoms with Crippen molar-refractivity contribution in [1.82, 2.24) is 0 Å². The Kier molecular flexibility index (Phi) is 9.69. The summed E-state index contributed by atoms with van der Waals surface area (Å²) < 4.78 is 18.4. The van der Waals surface area contributed by atoms with Crippen LogP contribution in [0.4, 0.5) is 0 Å². The largest absolute Gasteiger partial charge is 0.489 e. The van der Waals surface area contributed by atoms with E-state index in [1.54, 1.807) is 0 Å². The number of hydrogen-bond acceptors (Lipinski definition) is 5. The lowest BCUT2D eigenvalue weighted by molar-refractivity contribution is -0.140. The maximum absolute atomic E-state index is 13.0. The summed E-state index contributed by atoms with van der Waals surface area (Å²) in [5, 5.41) is 0.115. The van der Waals surface area contributed by atoms with Gasteiger partial charge in [-0.3, -0.25) is 9.59 Å². The molecular formula is C31H46O5Si. The Bertz CT molecular complexity index is 1030. The molecule has 0 spiro atoms. The number of benzene rings is 1. The van der Waals surface area contributed by atoms with Crippen molar-refractivity contribution in [1.29, 1.82) is 0 Å². The number of carbonyl (C=O) groups excluding carboxylic acids is 2. The molecule has 0 N–H and O–H groups in total. The average Bonchev–Trinajstić information content (AvgIpc) is 3.35. The van der Waals surface area contributed by atoms with Gasteiger partial charge in [-0.05, 0) is 55.8 Å². The van der Waals surface area contributed by atoms with Crippen molar-refractivity contribution < 1.29 is 23.5 Å². The number of esters is 1. The van der Waals surface area contributed by atoms with Crippen molar-refractivity contribution in [2.24, 2.45) is 11.8 Å². The molecular weight excluding hydrogens is 480 g/mol. The minimum Gasteiger partial charge on any atom is -0.489 e. The minimum atomic E-state index is -1.99. The highest BCUT2D eigenvalue weighted by atomic mass is 28.4. The second kappa shape index (κ2) is 12.2. The fourth-order valence-corrected chi connectivity index (χ4v) is 6.86. The Hall–Kier alpha value is -2.10. The number of aryl methyl sites for hydroxylation is 1. The van der Waals surface area contributed by atoms with E-state index in [0.29, 0.717) is 19.3 Å². The number of ether oxygens (including phenoxy) is 2. The lowest BCUT2D eigenvalue weighted by Crippen LogP contribution is -2.45. The smallest absolute Gasteiger partial charge is 0.305 e. The Morgan fingerprint density at radius 2 is 1.95 bits per heavy atom. The Labute approximate surface area is 225 Å². The number of carbonyl (C=O) groups is 2. The molecule has 1 aromatic rings. The fraction of sp³-hybridized carbons (Fsp3) is 0.677. The lowest BCUT2D eigenvalue weighted by Gasteiger charge is -2.40. The molecule has 1 aliphatic heterocycles. The van der Waals surface area contributed by atoms with Gasteiger partial charge < -0.3 is 13.9 Å². The maximum atomic E-state index is 13.0. The van der Waals surface area contributed by atoms with Gasteiger partial charge >= 0.3 is 5.97 Å². The average molecular weight is 527 g/mol. The lowest BCUT2D eigenvalue weighted by atomic mass is 9.83. The zero-order valence-electron chi connectivity index (χ0n) is 24.1. The summed E-state index contributed by atoms with van der Waals surface area (Å²) >= 11 is 0. The van der Waals surface area contributed by atoms with Gasteiger partial charge in [-0.1, -0.05) is 45.9 Å². The van der Waals surface area contributed by atoms with Crippen LogP contribution in [0.1, 0.15) is 90.2 Å². The van der Waals surface area contributed by atoms with Gasteiger partial charge in [0.2, 0.25) is 0 Å². The van der Waals surface area contributed by atoms with Gasteiger partial charge in [0.1, 0.15) is 17.6 Å². The van der Waals surface area contributed by atoms with Crippen LogP contribution >= 0.6 is 0 Å². The molecule has 204 valence electrons. The van der Waals surface area contributed by atoms with E-state index in [0.717, 1.165) is 37.0 Å². The predicted octanol–water partition coefficient (Wildman–Crippen LogP) is 6.84. The molecule has 6 heteroatoms.